The van der Waals surface area contributed by atoms with Gasteiger partial charge in [-0.25, -0.2) is 4.39 Å². The normalized spacial score (nSPS) is 10.5. The fraction of sp³-hybridized carbons (Fsp3) is 0.0588. The highest BCUT2D eigenvalue weighted by atomic mass is 19.1. The lowest BCUT2D eigenvalue weighted by atomic mass is 10.1. The number of hydrogen-bond donors (Lipinski definition) is 2. The first-order valence-electron chi connectivity index (χ1n) is 7.16. The molecule has 0 aliphatic heterocycles. The number of para-hydroxylation sites is 1. The lowest BCUT2D eigenvalue weighted by Gasteiger charge is -2.07. The Labute approximate surface area is 142 Å². The number of anilines is 2. The Morgan fingerprint density at radius 1 is 1.16 bits per heavy atom. The van der Waals surface area contributed by atoms with Gasteiger partial charge < -0.3 is 10.6 Å². The van der Waals surface area contributed by atoms with Crippen molar-refractivity contribution < 1.29 is 18.9 Å². The minimum atomic E-state index is -0.679. The monoisotopic (exact) mass is 343 g/mol. The Hall–Kier alpha value is -3.55. The van der Waals surface area contributed by atoms with Gasteiger partial charge in [0.05, 0.1) is 16.2 Å². The maximum Gasteiger partial charge on any atom is 0.276 e. The maximum absolute atomic E-state index is 13.8. The molecule has 0 aliphatic carbocycles. The lowest BCUT2D eigenvalue weighted by molar-refractivity contribution is -0.385. The van der Waals surface area contributed by atoms with Crippen LogP contribution in [0.1, 0.15) is 12.5 Å². The molecule has 2 aromatic carbocycles. The Bertz CT molecular complexity index is 865. The highest BCUT2D eigenvalue weighted by Gasteiger charge is 2.11. The second kappa shape index (κ2) is 7.82. The summed E-state index contributed by atoms with van der Waals surface area (Å²) in [4.78, 5) is 33.3. The van der Waals surface area contributed by atoms with E-state index in [4.69, 9.17) is 0 Å². The van der Waals surface area contributed by atoms with Crippen molar-refractivity contribution in [2.75, 3.05) is 10.6 Å². The molecule has 0 spiro atoms. The van der Waals surface area contributed by atoms with Gasteiger partial charge in [-0.1, -0.05) is 12.1 Å². The van der Waals surface area contributed by atoms with Gasteiger partial charge >= 0.3 is 0 Å². The summed E-state index contributed by atoms with van der Waals surface area (Å²) in [6, 6.07) is 9.64. The van der Waals surface area contributed by atoms with Gasteiger partial charge in [-0.15, -0.1) is 0 Å². The Balaban J connectivity index is 2.15. The highest BCUT2D eigenvalue weighted by Crippen LogP contribution is 2.21. The number of benzene rings is 2. The summed E-state index contributed by atoms with van der Waals surface area (Å²) in [7, 11) is 0. The molecular formula is C17H14FN3O4. The number of rotatable bonds is 5. The van der Waals surface area contributed by atoms with Crippen molar-refractivity contribution in [1.29, 1.82) is 0 Å². The van der Waals surface area contributed by atoms with Crippen LogP contribution in [0.25, 0.3) is 6.08 Å². The van der Waals surface area contributed by atoms with Gasteiger partial charge in [-0.3, -0.25) is 19.7 Å². The topological polar surface area (TPSA) is 101 Å². The lowest BCUT2D eigenvalue weighted by Crippen LogP contribution is -2.11. The molecule has 0 atom stereocenters. The van der Waals surface area contributed by atoms with E-state index in [1.54, 1.807) is 6.07 Å². The third-order valence-corrected chi connectivity index (χ3v) is 3.09. The van der Waals surface area contributed by atoms with E-state index in [1.165, 1.54) is 43.3 Å². The Morgan fingerprint density at radius 2 is 1.88 bits per heavy atom. The van der Waals surface area contributed by atoms with Crippen LogP contribution in [-0.4, -0.2) is 16.7 Å². The van der Waals surface area contributed by atoms with Crippen molar-refractivity contribution in [2.45, 2.75) is 6.92 Å². The van der Waals surface area contributed by atoms with E-state index < -0.39 is 16.6 Å². The molecule has 2 rings (SSSR count). The van der Waals surface area contributed by atoms with E-state index in [0.717, 1.165) is 12.1 Å². The standard InChI is InChI=1S/C17H14FN3O4/c1-11(22)19-13-7-8-14(18)15(10-13)20-17(23)9-6-12-4-2-3-5-16(12)21(24)25/h2-10H,1H3,(H,19,22)(H,20,23)/b9-6+. The summed E-state index contributed by atoms with van der Waals surface area (Å²) < 4.78 is 13.8. The molecule has 0 fully saturated rings. The van der Waals surface area contributed by atoms with Crippen LogP contribution in [-0.2, 0) is 9.59 Å². The van der Waals surface area contributed by atoms with Crippen LogP contribution >= 0.6 is 0 Å². The Morgan fingerprint density at radius 3 is 2.56 bits per heavy atom. The van der Waals surface area contributed by atoms with Crippen LogP contribution in [0.5, 0.6) is 0 Å². The maximum atomic E-state index is 13.8. The van der Waals surface area contributed by atoms with Crippen molar-refractivity contribution in [3.8, 4) is 0 Å². The van der Waals surface area contributed by atoms with Crippen molar-refractivity contribution >= 4 is 35.0 Å². The zero-order chi connectivity index (χ0) is 18.4. The molecule has 128 valence electrons. The molecule has 0 heterocycles. The van der Waals surface area contributed by atoms with E-state index in [0.29, 0.717) is 5.69 Å². The number of hydrogen-bond acceptors (Lipinski definition) is 4. The van der Waals surface area contributed by atoms with Crippen LogP contribution in [0.15, 0.2) is 48.5 Å². The first kappa shape index (κ1) is 17.8. The summed E-state index contributed by atoms with van der Waals surface area (Å²) in [6.45, 7) is 1.30. The minimum absolute atomic E-state index is 0.122. The largest absolute Gasteiger partial charge is 0.326 e. The molecule has 0 radical (unpaired) electrons. The zero-order valence-electron chi connectivity index (χ0n) is 13.2. The second-order valence-electron chi connectivity index (χ2n) is 5.01. The number of amides is 2. The van der Waals surface area contributed by atoms with Gasteiger partial charge in [0, 0.05) is 24.8 Å². The predicted octanol–water partition coefficient (Wildman–Crippen LogP) is 3.34. The van der Waals surface area contributed by atoms with Gasteiger partial charge in [0.15, 0.2) is 0 Å². The summed E-state index contributed by atoms with van der Waals surface area (Å²) in [5.74, 6) is -1.68. The number of carbonyl (C=O) groups is 2. The number of nitrogens with zero attached hydrogens (tertiary/aromatic N) is 1. The van der Waals surface area contributed by atoms with Gasteiger partial charge in [0.25, 0.3) is 5.69 Å². The molecule has 0 saturated carbocycles. The molecule has 2 amide bonds. The summed E-state index contributed by atoms with van der Waals surface area (Å²) >= 11 is 0. The molecule has 0 bridgehead atoms. The molecule has 8 heteroatoms. The van der Waals surface area contributed by atoms with Crippen LogP contribution in [0, 0.1) is 15.9 Å². The SMILES string of the molecule is CC(=O)Nc1ccc(F)c(NC(=O)/C=C/c2ccccc2[N+](=O)[O-])c1. The van der Waals surface area contributed by atoms with Crippen molar-refractivity contribution in [3.63, 3.8) is 0 Å². The molecule has 7 nitrogen and oxygen atoms in total. The minimum Gasteiger partial charge on any atom is -0.326 e. The average Bonchev–Trinajstić information content (AvgIpc) is 2.55. The quantitative estimate of drug-likeness (QED) is 0.494. The molecule has 0 unspecified atom stereocenters. The van der Waals surface area contributed by atoms with Crippen LogP contribution < -0.4 is 10.6 Å². The van der Waals surface area contributed by atoms with Gasteiger partial charge in [0.2, 0.25) is 11.8 Å². The third-order valence-electron chi connectivity index (χ3n) is 3.09. The van der Waals surface area contributed by atoms with Crippen LogP contribution in [0.4, 0.5) is 21.5 Å². The smallest absolute Gasteiger partial charge is 0.276 e. The first-order chi connectivity index (χ1) is 11.9. The van der Waals surface area contributed by atoms with Crippen molar-refractivity contribution in [1.82, 2.24) is 0 Å². The number of nitrogens with one attached hydrogen (secondary N) is 2. The molecule has 2 N–H and O–H groups in total. The molecule has 0 saturated heterocycles. The van der Waals surface area contributed by atoms with Gasteiger partial charge in [0.1, 0.15) is 5.82 Å². The number of nitro benzene ring substituents is 1. The van der Waals surface area contributed by atoms with Crippen LogP contribution in [0.3, 0.4) is 0 Å². The van der Waals surface area contributed by atoms with E-state index in [2.05, 4.69) is 10.6 Å². The van der Waals surface area contributed by atoms with Crippen molar-refractivity contribution in [2.24, 2.45) is 0 Å². The highest BCUT2D eigenvalue weighted by molar-refractivity contribution is 6.02. The summed E-state index contributed by atoms with van der Waals surface area (Å²) in [5, 5.41) is 15.7. The Kier molecular flexibility index (Phi) is 5.57. The number of carbonyl (C=O) groups excluding carboxylic acids is 2. The average molecular weight is 343 g/mol. The second-order valence-corrected chi connectivity index (χ2v) is 5.01. The van der Waals surface area contributed by atoms with E-state index in [-0.39, 0.29) is 22.8 Å². The van der Waals surface area contributed by atoms with Crippen molar-refractivity contribution in [3.05, 3.63) is 70.0 Å². The number of nitro groups is 1. The molecule has 25 heavy (non-hydrogen) atoms. The molecule has 0 aliphatic rings. The third kappa shape index (κ3) is 4.96. The zero-order valence-corrected chi connectivity index (χ0v) is 13.2. The predicted molar refractivity (Wildman–Crippen MR) is 91.5 cm³/mol. The fourth-order valence-electron chi connectivity index (χ4n) is 2.04. The van der Waals surface area contributed by atoms with Gasteiger partial charge in [-0.05, 0) is 30.3 Å². The van der Waals surface area contributed by atoms with E-state index in [1.807, 2.05) is 0 Å². The van der Waals surface area contributed by atoms with E-state index in [9.17, 15) is 24.1 Å². The molecule has 2 aromatic rings. The molecular weight excluding hydrogens is 329 g/mol. The van der Waals surface area contributed by atoms with E-state index >= 15 is 0 Å². The first-order valence-corrected chi connectivity index (χ1v) is 7.16. The summed E-state index contributed by atoms with van der Waals surface area (Å²) in [5.41, 5.74) is 0.302. The van der Waals surface area contributed by atoms with Gasteiger partial charge in [-0.2, -0.15) is 0 Å². The fourth-order valence-corrected chi connectivity index (χ4v) is 2.04. The van der Waals surface area contributed by atoms with Crippen LogP contribution in [0.2, 0.25) is 0 Å². The molecule has 0 aromatic heterocycles. The number of halogens is 1. The summed E-state index contributed by atoms with van der Waals surface area (Å²) in [6.07, 6.45) is 2.33.